The maximum Gasteiger partial charge on any atom is 0.408 e. The van der Waals surface area contributed by atoms with E-state index in [2.05, 4.69) is 10.6 Å². The zero-order chi connectivity index (χ0) is 40.6. The second kappa shape index (κ2) is 16.4. The van der Waals surface area contributed by atoms with E-state index in [1.54, 1.807) is 45.0 Å². The smallest absolute Gasteiger partial charge is 0.408 e. The van der Waals surface area contributed by atoms with Gasteiger partial charge >= 0.3 is 6.09 Å². The van der Waals surface area contributed by atoms with Gasteiger partial charge < -0.3 is 50.0 Å². The number of fused-ring (bicyclic) bond motifs is 3. The Morgan fingerprint density at radius 2 is 1.66 bits per heavy atom. The number of aliphatic hydroxyl groups excluding tert-OH is 2. The minimum Gasteiger partial charge on any atom is -0.507 e. The fraction of sp³-hybridized carbons (Fsp3) is 0.439. The number of ketones is 3. The summed E-state index contributed by atoms with van der Waals surface area (Å²) in [6.45, 7) is 6.15. The first kappa shape index (κ1) is 40.3. The van der Waals surface area contributed by atoms with Gasteiger partial charge in [-0.05, 0) is 49.9 Å². The van der Waals surface area contributed by atoms with Gasteiger partial charge in [0.25, 0.3) is 0 Å². The van der Waals surface area contributed by atoms with E-state index in [1.807, 2.05) is 6.92 Å². The summed E-state index contributed by atoms with van der Waals surface area (Å²) in [6, 6.07) is 10.4. The third-order valence-electron chi connectivity index (χ3n) is 10.7. The van der Waals surface area contributed by atoms with Crippen LogP contribution in [0.15, 0.2) is 42.5 Å². The first-order valence-electron chi connectivity index (χ1n) is 18.6. The van der Waals surface area contributed by atoms with Crippen molar-refractivity contribution in [1.82, 2.24) is 5.32 Å². The van der Waals surface area contributed by atoms with Crippen molar-refractivity contribution in [3.63, 3.8) is 0 Å². The quantitative estimate of drug-likeness (QED) is 0.116. The van der Waals surface area contributed by atoms with E-state index >= 15 is 0 Å². The number of ether oxygens (including phenoxy) is 4. The number of hydrogen-bond acceptors (Lipinski definition) is 13. The van der Waals surface area contributed by atoms with E-state index in [0.717, 1.165) is 0 Å². The summed E-state index contributed by atoms with van der Waals surface area (Å²) >= 11 is 0. The Hall–Kier alpha value is -5.35. The average molecular weight is 775 g/mol. The molecule has 2 aliphatic carbocycles. The van der Waals surface area contributed by atoms with Crippen LogP contribution in [-0.4, -0.2) is 88.0 Å². The number of amides is 2. The number of nitrogens with one attached hydrogen (secondary N) is 2. The van der Waals surface area contributed by atoms with E-state index in [4.69, 9.17) is 18.9 Å². The number of Topliss-reactive ketones (excluding diaryl/α,β-unsaturated/α-hetero) is 1. The first-order chi connectivity index (χ1) is 26.7. The van der Waals surface area contributed by atoms with Gasteiger partial charge in [0.2, 0.25) is 11.7 Å². The minimum absolute atomic E-state index is 0.000107. The van der Waals surface area contributed by atoms with Crippen molar-refractivity contribution in [1.29, 1.82) is 0 Å². The van der Waals surface area contributed by atoms with Crippen LogP contribution in [0, 0.1) is 11.8 Å². The molecule has 1 heterocycles. The summed E-state index contributed by atoms with van der Waals surface area (Å²) in [6.07, 6.45) is -5.91. The maximum absolute atomic E-state index is 13.9. The highest BCUT2D eigenvalue weighted by atomic mass is 16.7. The average Bonchev–Trinajstić information content (AvgIpc) is 3.18. The number of aliphatic hydroxyl groups is 2. The van der Waals surface area contributed by atoms with Gasteiger partial charge in [-0.2, -0.15) is 0 Å². The van der Waals surface area contributed by atoms with Gasteiger partial charge in [0.1, 0.15) is 36.1 Å². The molecule has 3 aliphatic rings. The predicted molar refractivity (Wildman–Crippen MR) is 199 cm³/mol. The normalized spacial score (nSPS) is 23.4. The highest BCUT2D eigenvalue weighted by Gasteiger charge is 2.46. The molecule has 1 saturated heterocycles. The van der Waals surface area contributed by atoms with E-state index in [1.165, 1.54) is 25.3 Å². The van der Waals surface area contributed by atoms with Crippen molar-refractivity contribution in [3.05, 3.63) is 81.4 Å². The van der Waals surface area contributed by atoms with Gasteiger partial charge in [0.15, 0.2) is 17.9 Å². The molecule has 3 aromatic rings. The third kappa shape index (κ3) is 7.59. The number of benzene rings is 3. The molecule has 298 valence electrons. The SMILES string of the molecule is CCC(OC(=O)N[C@H]1CC(O[C@H]2CC(C(=O)CO)Cc3c(O)c4c(c(O)c32)C(=O)c2c(OC)cccc2C4=O)O[C@@H](C)[C@H]1O)c1ccc(NC(=O)C(C)C)cc1. The molecule has 6 N–H and O–H groups in total. The van der Waals surface area contributed by atoms with Crippen molar-refractivity contribution in [2.45, 2.75) is 90.1 Å². The molecule has 7 atom stereocenters. The Balaban J connectivity index is 1.24. The van der Waals surface area contributed by atoms with E-state index < -0.39 is 95.3 Å². The molecular formula is C41H46N2O13. The van der Waals surface area contributed by atoms with Crippen LogP contribution in [0.1, 0.15) is 108 Å². The Labute approximate surface area is 322 Å². The number of carbonyl (C=O) groups excluding carboxylic acids is 5. The fourth-order valence-electron chi connectivity index (χ4n) is 7.61. The van der Waals surface area contributed by atoms with Gasteiger partial charge in [0.05, 0.1) is 42.0 Å². The van der Waals surface area contributed by atoms with E-state index in [9.17, 15) is 44.4 Å². The lowest BCUT2D eigenvalue weighted by molar-refractivity contribution is -0.245. The molecule has 15 heteroatoms. The highest BCUT2D eigenvalue weighted by molar-refractivity contribution is 6.31. The summed E-state index contributed by atoms with van der Waals surface area (Å²) < 4.78 is 23.4. The van der Waals surface area contributed by atoms with Gasteiger partial charge in [-0.25, -0.2) is 4.79 Å². The third-order valence-corrected chi connectivity index (χ3v) is 10.7. The van der Waals surface area contributed by atoms with E-state index in [-0.39, 0.29) is 59.1 Å². The van der Waals surface area contributed by atoms with Crippen LogP contribution in [0.25, 0.3) is 0 Å². The van der Waals surface area contributed by atoms with Crippen molar-refractivity contribution in [3.8, 4) is 17.2 Å². The molecule has 6 rings (SSSR count). The lowest BCUT2D eigenvalue weighted by atomic mass is 9.73. The number of phenols is 2. The second-order valence-corrected chi connectivity index (χ2v) is 14.6. The monoisotopic (exact) mass is 774 g/mol. The summed E-state index contributed by atoms with van der Waals surface area (Å²) in [4.78, 5) is 65.9. The van der Waals surface area contributed by atoms with Crippen molar-refractivity contribution in [2.75, 3.05) is 19.0 Å². The summed E-state index contributed by atoms with van der Waals surface area (Å²) in [7, 11) is 1.33. The molecule has 56 heavy (non-hydrogen) atoms. The summed E-state index contributed by atoms with van der Waals surface area (Å²) in [5.41, 5.74) is 0.269. The fourth-order valence-corrected chi connectivity index (χ4v) is 7.61. The number of phenolic OH excluding ortho intramolecular Hbond substituents is 2. The first-order valence-corrected chi connectivity index (χ1v) is 18.6. The topological polar surface area (TPSA) is 227 Å². The number of alkyl carbamates (subject to hydrolysis) is 1. The van der Waals surface area contributed by atoms with E-state index in [0.29, 0.717) is 17.7 Å². The molecule has 3 unspecified atom stereocenters. The van der Waals surface area contributed by atoms with Gasteiger partial charge in [-0.3, -0.25) is 19.2 Å². The molecule has 15 nitrogen and oxygen atoms in total. The largest absolute Gasteiger partial charge is 0.507 e. The second-order valence-electron chi connectivity index (χ2n) is 14.6. The van der Waals surface area contributed by atoms with Gasteiger partial charge in [-0.1, -0.05) is 45.0 Å². The standard InChI is InChI=1S/C41H46N2O13/c1-6-27(20-10-12-22(13-11-20)42-40(51)18(2)3)56-41(52)43-25-16-30(54-19(4)35(25)46)55-29-15-21(26(45)17-44)14-24-32(29)39(50)34-33(37(24)48)36(47)23-8-7-9-28(53-5)31(23)38(34)49/h7-13,18-19,21,25,27,29-30,35,44,46,48,50H,6,14-17H2,1-5H3,(H,42,51)(H,43,52)/t19-,21?,25-,27?,29-,30?,35+/m0/s1. The van der Waals surface area contributed by atoms with Gasteiger partial charge in [0, 0.05) is 40.6 Å². The zero-order valence-electron chi connectivity index (χ0n) is 31.7. The Morgan fingerprint density at radius 1 is 0.964 bits per heavy atom. The Bertz CT molecular complexity index is 2050. The number of rotatable bonds is 11. The molecule has 1 fully saturated rings. The van der Waals surface area contributed by atoms with Crippen LogP contribution >= 0.6 is 0 Å². The summed E-state index contributed by atoms with van der Waals surface area (Å²) in [5.74, 6) is -4.43. The zero-order valence-corrected chi connectivity index (χ0v) is 31.7. The number of hydrogen-bond donors (Lipinski definition) is 6. The van der Waals surface area contributed by atoms with Crippen LogP contribution in [0.5, 0.6) is 17.2 Å². The van der Waals surface area contributed by atoms with Crippen LogP contribution in [0.4, 0.5) is 10.5 Å². The molecule has 0 bridgehead atoms. The van der Waals surface area contributed by atoms with Crippen LogP contribution in [0.2, 0.25) is 0 Å². The molecular weight excluding hydrogens is 728 g/mol. The Kier molecular flexibility index (Phi) is 11.8. The van der Waals surface area contributed by atoms with Crippen molar-refractivity contribution < 1.29 is 63.3 Å². The van der Waals surface area contributed by atoms with Gasteiger partial charge in [-0.15, -0.1) is 0 Å². The molecule has 3 aromatic carbocycles. The van der Waals surface area contributed by atoms with Crippen LogP contribution < -0.4 is 15.4 Å². The lowest BCUT2D eigenvalue weighted by Crippen LogP contribution is -2.55. The Morgan fingerprint density at radius 3 is 2.30 bits per heavy atom. The molecule has 1 aliphatic heterocycles. The molecule has 0 aromatic heterocycles. The lowest BCUT2D eigenvalue weighted by Gasteiger charge is -2.41. The minimum atomic E-state index is -1.21. The number of aromatic hydroxyl groups is 2. The van der Waals surface area contributed by atoms with Crippen molar-refractivity contribution >= 4 is 35.0 Å². The van der Waals surface area contributed by atoms with Crippen molar-refractivity contribution in [2.24, 2.45) is 11.8 Å². The molecule has 2 amide bonds. The molecule has 0 spiro atoms. The number of carbonyl (C=O) groups is 5. The highest BCUT2D eigenvalue weighted by Crippen LogP contribution is 2.51. The summed E-state index contributed by atoms with van der Waals surface area (Å²) in [5, 5.41) is 49.7. The number of methoxy groups -OCH3 is 1. The molecule has 0 radical (unpaired) electrons. The molecule has 0 saturated carbocycles. The number of anilines is 1. The maximum atomic E-state index is 13.9. The van der Waals surface area contributed by atoms with Crippen LogP contribution in [-0.2, 0) is 30.2 Å². The van der Waals surface area contributed by atoms with Crippen LogP contribution in [0.3, 0.4) is 0 Å². The predicted octanol–water partition coefficient (Wildman–Crippen LogP) is 4.40.